The van der Waals surface area contributed by atoms with E-state index in [1.54, 1.807) is 0 Å². The van der Waals surface area contributed by atoms with Gasteiger partial charge < -0.3 is 15.2 Å². The molecule has 0 aliphatic carbocycles. The van der Waals surface area contributed by atoms with Crippen LogP contribution in [0.2, 0.25) is 0 Å². The third-order valence-corrected chi connectivity index (χ3v) is 3.23. The molecule has 0 saturated heterocycles. The van der Waals surface area contributed by atoms with Gasteiger partial charge in [-0.2, -0.15) is 0 Å². The van der Waals surface area contributed by atoms with Crippen LogP contribution in [0.25, 0.3) is 0 Å². The first kappa shape index (κ1) is 14.4. The molecule has 0 amide bonds. The Kier molecular flexibility index (Phi) is 5.02. The van der Waals surface area contributed by atoms with Crippen LogP contribution in [0.3, 0.4) is 0 Å². The van der Waals surface area contributed by atoms with Crippen LogP contribution < -0.4 is 10.1 Å². The normalized spacial score (nSPS) is 11.9. The predicted molar refractivity (Wildman–Crippen MR) is 82.3 cm³/mol. The molecule has 0 spiro atoms. The van der Waals surface area contributed by atoms with Gasteiger partial charge in [0.05, 0.1) is 0 Å². The first-order chi connectivity index (χ1) is 9.65. The first-order valence-corrected chi connectivity index (χ1v) is 6.82. The van der Waals surface area contributed by atoms with E-state index in [0.717, 1.165) is 11.4 Å². The number of nitrogens with one attached hydrogen (secondary N) is 1. The molecule has 2 aromatic rings. The minimum atomic E-state index is -0.545. The zero-order valence-electron chi connectivity index (χ0n) is 12.0. The van der Waals surface area contributed by atoms with Crippen LogP contribution in [-0.4, -0.2) is 24.4 Å². The first-order valence-electron chi connectivity index (χ1n) is 6.82. The van der Waals surface area contributed by atoms with Crippen LogP contribution in [0.5, 0.6) is 5.75 Å². The van der Waals surface area contributed by atoms with Gasteiger partial charge in [0.15, 0.2) is 0 Å². The van der Waals surface area contributed by atoms with E-state index in [2.05, 4.69) is 31.3 Å². The average Bonchev–Trinajstić information content (AvgIpc) is 2.47. The van der Waals surface area contributed by atoms with E-state index < -0.39 is 6.10 Å². The topological polar surface area (TPSA) is 41.5 Å². The second kappa shape index (κ2) is 6.96. The van der Waals surface area contributed by atoms with E-state index in [1.165, 1.54) is 11.1 Å². The van der Waals surface area contributed by atoms with Crippen LogP contribution >= 0.6 is 0 Å². The van der Waals surface area contributed by atoms with Crippen molar-refractivity contribution in [3.8, 4) is 5.75 Å². The SMILES string of the molecule is Cc1ccc(NC[C@@H](O)COc2ccccc2)cc1C. The van der Waals surface area contributed by atoms with Crippen molar-refractivity contribution in [2.45, 2.75) is 20.0 Å². The highest BCUT2D eigenvalue weighted by molar-refractivity contribution is 5.48. The zero-order valence-corrected chi connectivity index (χ0v) is 12.0. The maximum absolute atomic E-state index is 9.91. The van der Waals surface area contributed by atoms with Gasteiger partial charge in [0, 0.05) is 12.2 Å². The molecule has 0 aliphatic rings. The highest BCUT2D eigenvalue weighted by atomic mass is 16.5. The molecule has 106 valence electrons. The number of anilines is 1. The smallest absolute Gasteiger partial charge is 0.119 e. The Morgan fingerprint density at radius 1 is 1.05 bits per heavy atom. The molecule has 2 aromatic carbocycles. The van der Waals surface area contributed by atoms with E-state index >= 15 is 0 Å². The van der Waals surface area contributed by atoms with Crippen LogP contribution in [0.4, 0.5) is 5.69 Å². The molecule has 0 unspecified atom stereocenters. The summed E-state index contributed by atoms with van der Waals surface area (Å²) in [4.78, 5) is 0. The number of hydrogen-bond donors (Lipinski definition) is 2. The molecule has 20 heavy (non-hydrogen) atoms. The molecule has 0 aromatic heterocycles. The molecule has 2 N–H and O–H groups in total. The summed E-state index contributed by atoms with van der Waals surface area (Å²) in [7, 11) is 0. The standard InChI is InChI=1S/C17H21NO2/c1-13-8-9-15(10-14(13)2)18-11-16(19)12-20-17-6-4-3-5-7-17/h3-10,16,18-19H,11-12H2,1-2H3/t16-/m1/s1. The highest BCUT2D eigenvalue weighted by Gasteiger charge is 2.05. The molecule has 0 fully saturated rings. The van der Waals surface area contributed by atoms with E-state index in [1.807, 2.05) is 36.4 Å². The summed E-state index contributed by atoms with van der Waals surface area (Å²) in [6.45, 7) is 4.91. The second-order valence-electron chi connectivity index (χ2n) is 4.96. The predicted octanol–water partition coefficient (Wildman–Crippen LogP) is 3.16. The largest absolute Gasteiger partial charge is 0.491 e. The molecule has 0 aliphatic heterocycles. The van der Waals surface area contributed by atoms with Crippen molar-refractivity contribution in [3.05, 3.63) is 59.7 Å². The Hall–Kier alpha value is -2.00. The lowest BCUT2D eigenvalue weighted by Gasteiger charge is -2.14. The van der Waals surface area contributed by atoms with Crippen molar-refractivity contribution < 1.29 is 9.84 Å². The highest BCUT2D eigenvalue weighted by Crippen LogP contribution is 2.14. The molecule has 0 heterocycles. The maximum atomic E-state index is 9.91. The Morgan fingerprint density at radius 3 is 2.50 bits per heavy atom. The molecule has 0 saturated carbocycles. The van der Waals surface area contributed by atoms with Gasteiger partial charge in [-0.3, -0.25) is 0 Å². The molecule has 0 bridgehead atoms. The van der Waals surface area contributed by atoms with Crippen molar-refractivity contribution in [2.24, 2.45) is 0 Å². The van der Waals surface area contributed by atoms with Gasteiger partial charge in [-0.25, -0.2) is 0 Å². The molecular weight excluding hydrogens is 250 g/mol. The monoisotopic (exact) mass is 271 g/mol. The number of benzene rings is 2. The van der Waals surface area contributed by atoms with Gasteiger partial charge in [-0.1, -0.05) is 24.3 Å². The summed E-state index contributed by atoms with van der Waals surface area (Å²) in [5.41, 5.74) is 3.53. The fourth-order valence-electron chi connectivity index (χ4n) is 1.86. The lowest BCUT2D eigenvalue weighted by Crippen LogP contribution is -2.26. The van der Waals surface area contributed by atoms with Gasteiger partial charge in [0.25, 0.3) is 0 Å². The zero-order chi connectivity index (χ0) is 14.4. The number of aliphatic hydroxyl groups is 1. The van der Waals surface area contributed by atoms with E-state index in [0.29, 0.717) is 6.54 Å². The number of para-hydroxylation sites is 1. The van der Waals surface area contributed by atoms with Crippen molar-refractivity contribution in [3.63, 3.8) is 0 Å². The van der Waals surface area contributed by atoms with Gasteiger partial charge in [-0.05, 0) is 49.2 Å². The van der Waals surface area contributed by atoms with Crippen LogP contribution in [0.15, 0.2) is 48.5 Å². The molecule has 1 atom stereocenters. The Balaban J connectivity index is 1.77. The van der Waals surface area contributed by atoms with Gasteiger partial charge in [0.1, 0.15) is 18.5 Å². The average molecular weight is 271 g/mol. The third-order valence-electron chi connectivity index (χ3n) is 3.23. The lowest BCUT2D eigenvalue weighted by atomic mass is 10.1. The summed E-state index contributed by atoms with van der Waals surface area (Å²) in [5, 5.41) is 13.1. The van der Waals surface area contributed by atoms with Crippen LogP contribution in [0, 0.1) is 13.8 Å². The quantitative estimate of drug-likeness (QED) is 0.848. The molecule has 2 rings (SSSR count). The minimum absolute atomic E-state index is 0.280. The number of aliphatic hydroxyl groups excluding tert-OH is 1. The van der Waals surface area contributed by atoms with Crippen molar-refractivity contribution in [2.75, 3.05) is 18.5 Å². The Morgan fingerprint density at radius 2 is 1.80 bits per heavy atom. The lowest BCUT2D eigenvalue weighted by molar-refractivity contribution is 0.117. The van der Waals surface area contributed by atoms with Crippen LogP contribution in [-0.2, 0) is 0 Å². The number of aryl methyl sites for hydroxylation is 2. The third kappa shape index (κ3) is 4.28. The van der Waals surface area contributed by atoms with E-state index in [4.69, 9.17) is 4.74 Å². The minimum Gasteiger partial charge on any atom is -0.491 e. The molecule has 0 radical (unpaired) electrons. The number of ether oxygens (including phenoxy) is 1. The summed E-state index contributed by atoms with van der Waals surface area (Å²) in [6.07, 6.45) is -0.545. The molecular formula is C17H21NO2. The summed E-state index contributed by atoms with van der Waals surface area (Å²) >= 11 is 0. The molecule has 3 heteroatoms. The van der Waals surface area contributed by atoms with Crippen LogP contribution in [0.1, 0.15) is 11.1 Å². The summed E-state index contributed by atoms with van der Waals surface area (Å²) in [5.74, 6) is 0.776. The summed E-state index contributed by atoms with van der Waals surface area (Å²) in [6, 6.07) is 15.7. The van der Waals surface area contributed by atoms with E-state index in [9.17, 15) is 5.11 Å². The van der Waals surface area contributed by atoms with Crippen molar-refractivity contribution in [1.82, 2.24) is 0 Å². The second-order valence-corrected chi connectivity index (χ2v) is 4.96. The van der Waals surface area contributed by atoms with Crippen molar-refractivity contribution in [1.29, 1.82) is 0 Å². The fraction of sp³-hybridized carbons (Fsp3) is 0.294. The van der Waals surface area contributed by atoms with Gasteiger partial charge in [-0.15, -0.1) is 0 Å². The van der Waals surface area contributed by atoms with E-state index in [-0.39, 0.29) is 6.61 Å². The van der Waals surface area contributed by atoms with Gasteiger partial charge >= 0.3 is 0 Å². The Bertz CT molecular complexity index is 540. The number of rotatable bonds is 6. The van der Waals surface area contributed by atoms with Gasteiger partial charge in [0.2, 0.25) is 0 Å². The van der Waals surface area contributed by atoms with Crippen molar-refractivity contribution >= 4 is 5.69 Å². The Labute approximate surface area is 120 Å². The molecule has 3 nitrogen and oxygen atoms in total. The summed E-state index contributed by atoms with van der Waals surface area (Å²) < 4.78 is 5.51. The number of hydrogen-bond acceptors (Lipinski definition) is 3. The maximum Gasteiger partial charge on any atom is 0.119 e. The fourth-order valence-corrected chi connectivity index (χ4v) is 1.86.